The number of likely N-dealkylation sites (tertiary alicyclic amines) is 1. The summed E-state index contributed by atoms with van der Waals surface area (Å²) >= 11 is 0. The zero-order valence-electron chi connectivity index (χ0n) is 14.9. The van der Waals surface area contributed by atoms with E-state index in [0.29, 0.717) is 11.6 Å². The molecule has 1 aliphatic heterocycles. The van der Waals surface area contributed by atoms with Gasteiger partial charge in [-0.1, -0.05) is 30.3 Å². The number of carbonyl (C=O) groups is 1. The van der Waals surface area contributed by atoms with E-state index < -0.39 is 0 Å². The van der Waals surface area contributed by atoms with Gasteiger partial charge in [-0.3, -0.25) is 9.69 Å². The number of benzene rings is 2. The van der Waals surface area contributed by atoms with Crippen LogP contribution in [0, 0.1) is 0 Å². The summed E-state index contributed by atoms with van der Waals surface area (Å²) in [7, 11) is 0. The molecule has 130 valence electrons. The summed E-state index contributed by atoms with van der Waals surface area (Å²) in [6.07, 6.45) is 6.26. The van der Waals surface area contributed by atoms with Crippen molar-refractivity contribution in [3.63, 3.8) is 0 Å². The number of nitrogens with two attached hydrogens (primary N) is 1. The number of nitrogens with zero attached hydrogens (tertiary/aromatic N) is 1. The zero-order valence-corrected chi connectivity index (χ0v) is 14.9. The van der Waals surface area contributed by atoms with Gasteiger partial charge in [0, 0.05) is 17.6 Å². The maximum atomic E-state index is 11.4. The normalized spacial score (nSPS) is 23.4. The topological polar surface area (TPSA) is 46.3 Å². The van der Waals surface area contributed by atoms with E-state index >= 15 is 0 Å². The van der Waals surface area contributed by atoms with E-state index in [4.69, 9.17) is 5.73 Å². The molecule has 1 saturated heterocycles. The number of aryl methyl sites for hydroxylation is 1. The Morgan fingerprint density at radius 3 is 2.68 bits per heavy atom. The molecule has 0 bridgehead atoms. The van der Waals surface area contributed by atoms with E-state index in [1.54, 1.807) is 6.07 Å². The summed E-state index contributed by atoms with van der Waals surface area (Å²) in [6, 6.07) is 15.8. The van der Waals surface area contributed by atoms with Crippen molar-refractivity contribution in [1.29, 1.82) is 0 Å². The monoisotopic (exact) mass is 334 g/mol. The standard InChI is InChI=1S/C22H26N2O/c1-15-4-3-11-24(15)21-10-9-18-12-17(7-8-19(18)14-21)16-5-2-6-20(13-16)22(23)25/h2,5-8,12-13,15,21H,3-4,9-11,14H2,1H3,(H2,23,25)/t15-,21+/m1/s1. The van der Waals surface area contributed by atoms with Crippen molar-refractivity contribution in [3.05, 3.63) is 59.2 Å². The number of fused-ring (bicyclic) bond motifs is 1. The Balaban J connectivity index is 1.58. The summed E-state index contributed by atoms with van der Waals surface area (Å²) in [6.45, 7) is 3.64. The molecule has 1 aliphatic carbocycles. The van der Waals surface area contributed by atoms with E-state index in [2.05, 4.69) is 30.0 Å². The van der Waals surface area contributed by atoms with E-state index in [-0.39, 0.29) is 5.91 Å². The highest BCUT2D eigenvalue weighted by Crippen LogP contribution is 2.32. The molecular formula is C22H26N2O. The highest BCUT2D eigenvalue weighted by atomic mass is 16.1. The number of amides is 1. The zero-order chi connectivity index (χ0) is 17.4. The van der Waals surface area contributed by atoms with Crippen LogP contribution < -0.4 is 5.73 Å². The van der Waals surface area contributed by atoms with E-state index in [9.17, 15) is 4.79 Å². The van der Waals surface area contributed by atoms with Crippen molar-refractivity contribution in [2.45, 2.75) is 51.1 Å². The Kier molecular flexibility index (Phi) is 4.34. The molecule has 2 atom stereocenters. The SMILES string of the molecule is C[C@@H]1CCCN1[C@H]1CCc2cc(-c3cccc(C(N)=O)c3)ccc2C1. The van der Waals surface area contributed by atoms with Crippen LogP contribution >= 0.6 is 0 Å². The van der Waals surface area contributed by atoms with E-state index in [1.807, 2.05) is 18.2 Å². The minimum Gasteiger partial charge on any atom is -0.366 e. The number of hydrogen-bond donors (Lipinski definition) is 1. The van der Waals surface area contributed by atoms with Gasteiger partial charge in [0.2, 0.25) is 5.91 Å². The first-order valence-corrected chi connectivity index (χ1v) is 9.39. The molecule has 2 aromatic carbocycles. The summed E-state index contributed by atoms with van der Waals surface area (Å²) in [5, 5.41) is 0. The van der Waals surface area contributed by atoms with Crippen LogP contribution in [-0.4, -0.2) is 29.4 Å². The fraction of sp³-hybridized carbons (Fsp3) is 0.409. The van der Waals surface area contributed by atoms with Crippen LogP contribution in [0.3, 0.4) is 0 Å². The smallest absolute Gasteiger partial charge is 0.248 e. The molecular weight excluding hydrogens is 308 g/mol. The van der Waals surface area contributed by atoms with Gasteiger partial charge >= 0.3 is 0 Å². The molecule has 1 heterocycles. The first-order valence-electron chi connectivity index (χ1n) is 9.39. The highest BCUT2D eigenvalue weighted by molar-refractivity contribution is 5.94. The molecule has 3 heteroatoms. The fourth-order valence-electron chi connectivity index (χ4n) is 4.55. The molecule has 0 spiro atoms. The molecule has 2 aliphatic rings. The van der Waals surface area contributed by atoms with Crippen LogP contribution in [0.4, 0.5) is 0 Å². The van der Waals surface area contributed by atoms with Crippen LogP contribution in [0.1, 0.15) is 47.7 Å². The number of rotatable bonds is 3. The van der Waals surface area contributed by atoms with Crippen molar-refractivity contribution in [2.75, 3.05) is 6.54 Å². The molecule has 0 unspecified atom stereocenters. The number of primary amides is 1. The van der Waals surface area contributed by atoms with Crippen LogP contribution in [0.2, 0.25) is 0 Å². The number of hydrogen-bond acceptors (Lipinski definition) is 2. The van der Waals surface area contributed by atoms with Gasteiger partial charge in [-0.05, 0) is 80.0 Å². The van der Waals surface area contributed by atoms with Gasteiger partial charge in [0.15, 0.2) is 0 Å². The molecule has 0 aromatic heterocycles. The predicted octanol–water partition coefficient (Wildman–Crippen LogP) is 3.79. The largest absolute Gasteiger partial charge is 0.366 e. The van der Waals surface area contributed by atoms with Crippen molar-refractivity contribution in [2.24, 2.45) is 5.73 Å². The van der Waals surface area contributed by atoms with Gasteiger partial charge in [0.1, 0.15) is 0 Å². The van der Waals surface area contributed by atoms with Crippen LogP contribution in [0.25, 0.3) is 11.1 Å². The van der Waals surface area contributed by atoms with E-state index in [0.717, 1.165) is 18.0 Å². The second-order valence-corrected chi connectivity index (χ2v) is 7.55. The Labute approximate surface area is 149 Å². The Bertz CT molecular complexity index is 798. The lowest BCUT2D eigenvalue weighted by atomic mass is 9.85. The maximum absolute atomic E-state index is 11.4. The molecule has 2 aromatic rings. The fourth-order valence-corrected chi connectivity index (χ4v) is 4.55. The highest BCUT2D eigenvalue weighted by Gasteiger charge is 2.30. The average Bonchev–Trinajstić information content (AvgIpc) is 3.07. The van der Waals surface area contributed by atoms with Gasteiger partial charge in [0.25, 0.3) is 0 Å². The molecule has 1 fully saturated rings. The molecule has 0 saturated carbocycles. The predicted molar refractivity (Wildman–Crippen MR) is 102 cm³/mol. The van der Waals surface area contributed by atoms with Gasteiger partial charge < -0.3 is 5.73 Å². The third-order valence-electron chi connectivity index (χ3n) is 5.96. The quantitative estimate of drug-likeness (QED) is 0.928. The lowest BCUT2D eigenvalue weighted by Crippen LogP contribution is -2.41. The van der Waals surface area contributed by atoms with Crippen LogP contribution in [0.5, 0.6) is 0 Å². The lowest BCUT2D eigenvalue weighted by Gasteiger charge is -2.35. The third-order valence-corrected chi connectivity index (χ3v) is 5.96. The first kappa shape index (κ1) is 16.3. The second-order valence-electron chi connectivity index (χ2n) is 7.55. The Morgan fingerprint density at radius 1 is 1.08 bits per heavy atom. The van der Waals surface area contributed by atoms with Gasteiger partial charge in [-0.25, -0.2) is 0 Å². The lowest BCUT2D eigenvalue weighted by molar-refractivity contribution is 0.100. The molecule has 2 N–H and O–H groups in total. The van der Waals surface area contributed by atoms with Crippen LogP contribution in [-0.2, 0) is 12.8 Å². The summed E-state index contributed by atoms with van der Waals surface area (Å²) in [5.74, 6) is -0.373. The minimum atomic E-state index is -0.373. The van der Waals surface area contributed by atoms with Gasteiger partial charge in [-0.15, -0.1) is 0 Å². The summed E-state index contributed by atoms with van der Waals surface area (Å²) < 4.78 is 0. The molecule has 3 nitrogen and oxygen atoms in total. The number of carbonyl (C=O) groups excluding carboxylic acids is 1. The van der Waals surface area contributed by atoms with Gasteiger partial charge in [-0.2, -0.15) is 0 Å². The van der Waals surface area contributed by atoms with Crippen molar-refractivity contribution >= 4 is 5.91 Å². The molecule has 4 rings (SSSR count). The molecule has 0 radical (unpaired) electrons. The van der Waals surface area contributed by atoms with Crippen molar-refractivity contribution in [3.8, 4) is 11.1 Å². The van der Waals surface area contributed by atoms with Gasteiger partial charge in [0.05, 0.1) is 0 Å². The first-order chi connectivity index (χ1) is 12.1. The van der Waals surface area contributed by atoms with Crippen molar-refractivity contribution in [1.82, 2.24) is 4.90 Å². The maximum Gasteiger partial charge on any atom is 0.248 e. The van der Waals surface area contributed by atoms with E-state index in [1.165, 1.54) is 48.9 Å². The third kappa shape index (κ3) is 3.21. The van der Waals surface area contributed by atoms with Crippen LogP contribution in [0.15, 0.2) is 42.5 Å². The Hall–Kier alpha value is -2.13. The Morgan fingerprint density at radius 2 is 1.92 bits per heavy atom. The molecule has 1 amide bonds. The average molecular weight is 334 g/mol. The summed E-state index contributed by atoms with van der Waals surface area (Å²) in [5.41, 5.74) is 11.2. The van der Waals surface area contributed by atoms with Crippen molar-refractivity contribution < 1.29 is 4.79 Å². The minimum absolute atomic E-state index is 0.373. The second kappa shape index (κ2) is 6.64. The molecule has 25 heavy (non-hydrogen) atoms. The summed E-state index contributed by atoms with van der Waals surface area (Å²) in [4.78, 5) is 14.1.